The lowest BCUT2D eigenvalue weighted by molar-refractivity contribution is 0.0952. The average molecular weight is 539 g/mol. The summed E-state index contributed by atoms with van der Waals surface area (Å²) in [6, 6.07) is 20.3. The van der Waals surface area contributed by atoms with Crippen molar-refractivity contribution in [3.63, 3.8) is 0 Å². The number of Topliss-reactive ketones (excluding diaryl/α,β-unsaturated/α-hetero) is 2. The van der Waals surface area contributed by atoms with Crippen LogP contribution in [0.4, 0.5) is 8.78 Å². The maximum absolute atomic E-state index is 15.1. The molecule has 2 aromatic heterocycles. The SMILES string of the molecule is O=C(c1cc2n(n1)[C@H](c1ccccc1C1CC1C(=O)c1cc3n(n1)[C@H](c1ccccc1)C[C@@H]3F)C[C@@H]2F)C1CC1. The van der Waals surface area contributed by atoms with Crippen molar-refractivity contribution >= 4 is 11.6 Å². The number of alkyl halides is 2. The fraction of sp³-hybridized carbons (Fsp3) is 0.375. The minimum absolute atomic E-state index is 0.00553. The topological polar surface area (TPSA) is 69.8 Å². The molecule has 202 valence electrons. The molecule has 0 N–H and O–H groups in total. The Morgan fingerprint density at radius 3 is 1.95 bits per heavy atom. The van der Waals surface area contributed by atoms with Gasteiger partial charge < -0.3 is 0 Å². The maximum atomic E-state index is 15.1. The van der Waals surface area contributed by atoms with E-state index in [9.17, 15) is 14.0 Å². The molecule has 8 rings (SSSR count). The van der Waals surface area contributed by atoms with Crippen LogP contribution >= 0.6 is 0 Å². The van der Waals surface area contributed by atoms with E-state index in [0.29, 0.717) is 35.6 Å². The van der Waals surface area contributed by atoms with E-state index < -0.39 is 12.3 Å². The summed E-state index contributed by atoms with van der Waals surface area (Å²) in [6.45, 7) is 0. The Morgan fingerprint density at radius 1 is 0.700 bits per heavy atom. The second-order valence-electron chi connectivity index (χ2n) is 11.7. The molecule has 2 aliphatic carbocycles. The van der Waals surface area contributed by atoms with E-state index >= 15 is 4.39 Å². The Balaban J connectivity index is 1.06. The number of nitrogens with zero attached hydrogens (tertiary/aromatic N) is 4. The third-order valence-electron chi connectivity index (χ3n) is 9.14. The summed E-state index contributed by atoms with van der Waals surface area (Å²) in [5.74, 6) is -0.315. The molecule has 4 aromatic rings. The third-order valence-corrected chi connectivity index (χ3v) is 9.14. The van der Waals surface area contributed by atoms with Gasteiger partial charge in [0.1, 0.15) is 23.7 Å². The van der Waals surface area contributed by atoms with Crippen LogP contribution in [0.15, 0.2) is 66.7 Å². The molecule has 6 atom stereocenters. The lowest BCUT2D eigenvalue weighted by Gasteiger charge is -2.17. The smallest absolute Gasteiger partial charge is 0.186 e. The summed E-state index contributed by atoms with van der Waals surface area (Å²) in [4.78, 5) is 26.2. The summed E-state index contributed by atoms with van der Waals surface area (Å²) in [6.07, 6.45) is 0.648. The Labute approximate surface area is 230 Å². The molecule has 0 amide bonds. The van der Waals surface area contributed by atoms with Gasteiger partial charge in [-0.15, -0.1) is 0 Å². The fourth-order valence-electron chi connectivity index (χ4n) is 6.80. The van der Waals surface area contributed by atoms with Crippen molar-refractivity contribution in [2.45, 2.75) is 62.4 Å². The number of ketones is 2. The number of carbonyl (C=O) groups excluding carboxylic acids is 2. The Hall–Kier alpha value is -3.94. The van der Waals surface area contributed by atoms with Crippen molar-refractivity contribution in [1.82, 2.24) is 19.6 Å². The summed E-state index contributed by atoms with van der Waals surface area (Å²) in [5.41, 5.74) is 4.50. The molecule has 2 fully saturated rings. The van der Waals surface area contributed by atoms with E-state index in [0.717, 1.165) is 29.5 Å². The summed E-state index contributed by atoms with van der Waals surface area (Å²) in [7, 11) is 0. The number of rotatable bonds is 7. The molecule has 0 bridgehead atoms. The van der Waals surface area contributed by atoms with Gasteiger partial charge in [-0.2, -0.15) is 10.2 Å². The largest absolute Gasteiger partial charge is 0.292 e. The standard InChI is InChI=1S/C32H28F2N4O2/c33-23-13-27(17-6-2-1-3-7-17)37-29(23)16-26(36-37)32(40)22-12-21(22)19-8-4-5-9-20(19)28-14-24(34)30-15-25(35-38(28)30)31(39)18-10-11-18/h1-9,15-16,18,21-24,27-28H,10-14H2/t21?,22?,23-,24-,27-,28-/m0/s1. The number of hydrogen-bond donors (Lipinski definition) is 0. The highest BCUT2D eigenvalue weighted by Gasteiger charge is 2.48. The van der Waals surface area contributed by atoms with Crippen LogP contribution in [0.5, 0.6) is 0 Å². The molecular weight excluding hydrogens is 510 g/mol. The van der Waals surface area contributed by atoms with E-state index in [1.807, 2.05) is 54.6 Å². The van der Waals surface area contributed by atoms with Crippen LogP contribution in [-0.2, 0) is 0 Å². The first-order valence-corrected chi connectivity index (χ1v) is 14.2. The molecule has 0 radical (unpaired) electrons. The van der Waals surface area contributed by atoms with Crippen LogP contribution in [0.2, 0.25) is 0 Å². The second-order valence-corrected chi connectivity index (χ2v) is 11.7. The summed E-state index contributed by atoms with van der Waals surface area (Å²) in [5, 5.41) is 9.16. The van der Waals surface area contributed by atoms with Crippen LogP contribution in [0.3, 0.4) is 0 Å². The highest BCUT2D eigenvalue weighted by Crippen LogP contribution is 2.53. The van der Waals surface area contributed by atoms with Gasteiger partial charge in [-0.3, -0.25) is 19.0 Å². The number of halogens is 2. The predicted molar refractivity (Wildman–Crippen MR) is 143 cm³/mol. The molecule has 4 aliphatic rings. The molecule has 2 aromatic carbocycles. The predicted octanol–water partition coefficient (Wildman–Crippen LogP) is 6.67. The van der Waals surface area contributed by atoms with Gasteiger partial charge in [0.05, 0.1) is 23.5 Å². The van der Waals surface area contributed by atoms with E-state index in [4.69, 9.17) is 0 Å². The van der Waals surface area contributed by atoms with E-state index in [1.54, 1.807) is 21.5 Å². The molecule has 8 heteroatoms. The molecule has 2 aliphatic heterocycles. The third kappa shape index (κ3) is 3.72. The van der Waals surface area contributed by atoms with E-state index in [2.05, 4.69) is 10.2 Å². The van der Waals surface area contributed by atoms with Crippen molar-refractivity contribution in [3.05, 3.63) is 106 Å². The molecule has 4 heterocycles. The monoisotopic (exact) mass is 538 g/mol. The number of fused-ring (bicyclic) bond motifs is 2. The number of aromatic nitrogens is 4. The highest BCUT2D eigenvalue weighted by molar-refractivity contribution is 5.99. The van der Waals surface area contributed by atoms with Crippen LogP contribution < -0.4 is 0 Å². The van der Waals surface area contributed by atoms with Crippen molar-refractivity contribution in [2.75, 3.05) is 0 Å². The zero-order chi connectivity index (χ0) is 27.1. The van der Waals surface area contributed by atoms with Crippen molar-refractivity contribution in [3.8, 4) is 0 Å². The molecule has 0 saturated heterocycles. The first kappa shape index (κ1) is 23.9. The average Bonchev–Trinajstić information content (AvgIpc) is 3.82. The van der Waals surface area contributed by atoms with Gasteiger partial charge in [0.2, 0.25) is 0 Å². The molecule has 0 spiro atoms. The van der Waals surface area contributed by atoms with E-state index in [1.165, 1.54) is 0 Å². The van der Waals surface area contributed by atoms with Crippen LogP contribution in [0.1, 0.15) is 112 Å². The van der Waals surface area contributed by atoms with Crippen LogP contribution in [0.25, 0.3) is 0 Å². The highest BCUT2D eigenvalue weighted by atomic mass is 19.1. The fourth-order valence-corrected chi connectivity index (χ4v) is 6.80. The van der Waals surface area contributed by atoms with Gasteiger partial charge in [-0.1, -0.05) is 54.6 Å². The van der Waals surface area contributed by atoms with Gasteiger partial charge >= 0.3 is 0 Å². The summed E-state index contributed by atoms with van der Waals surface area (Å²) < 4.78 is 33.4. The summed E-state index contributed by atoms with van der Waals surface area (Å²) >= 11 is 0. The number of benzene rings is 2. The second kappa shape index (κ2) is 8.78. The molecule has 2 saturated carbocycles. The van der Waals surface area contributed by atoms with Crippen molar-refractivity contribution in [2.24, 2.45) is 11.8 Å². The molecular formula is C32H28F2N4O2. The van der Waals surface area contributed by atoms with Crippen LogP contribution in [0, 0.1) is 11.8 Å². The normalized spacial score (nSPS) is 28.4. The maximum Gasteiger partial charge on any atom is 0.186 e. The van der Waals surface area contributed by atoms with Crippen LogP contribution in [-0.4, -0.2) is 31.1 Å². The Kier molecular flexibility index (Phi) is 5.25. The van der Waals surface area contributed by atoms with E-state index in [-0.39, 0.29) is 47.8 Å². The van der Waals surface area contributed by atoms with Gasteiger partial charge in [0.15, 0.2) is 11.6 Å². The van der Waals surface area contributed by atoms with Crippen molar-refractivity contribution < 1.29 is 18.4 Å². The van der Waals surface area contributed by atoms with Gasteiger partial charge in [-0.05, 0) is 54.0 Å². The zero-order valence-corrected chi connectivity index (χ0v) is 21.8. The quantitative estimate of drug-likeness (QED) is 0.247. The first-order chi connectivity index (χ1) is 19.5. The minimum Gasteiger partial charge on any atom is -0.292 e. The Bertz CT molecular complexity index is 1660. The Morgan fingerprint density at radius 2 is 1.27 bits per heavy atom. The lowest BCUT2D eigenvalue weighted by Crippen LogP contribution is -2.13. The minimum atomic E-state index is -1.19. The zero-order valence-electron chi connectivity index (χ0n) is 21.8. The molecule has 40 heavy (non-hydrogen) atoms. The first-order valence-electron chi connectivity index (χ1n) is 14.2. The van der Waals surface area contributed by atoms with Gasteiger partial charge in [-0.25, -0.2) is 8.78 Å². The van der Waals surface area contributed by atoms with Gasteiger partial charge in [0.25, 0.3) is 0 Å². The molecule has 2 unspecified atom stereocenters. The molecule has 6 nitrogen and oxygen atoms in total. The van der Waals surface area contributed by atoms with Crippen molar-refractivity contribution in [1.29, 1.82) is 0 Å². The number of carbonyl (C=O) groups is 2. The lowest BCUT2D eigenvalue weighted by atomic mass is 9.94. The number of hydrogen-bond acceptors (Lipinski definition) is 4. The van der Waals surface area contributed by atoms with Gasteiger partial charge in [0, 0.05) is 24.7 Å².